The third-order valence-corrected chi connectivity index (χ3v) is 3.00. The minimum atomic E-state index is 0.441. The van der Waals surface area contributed by atoms with Gasteiger partial charge in [-0.05, 0) is 25.8 Å². The van der Waals surface area contributed by atoms with E-state index in [1.54, 1.807) is 0 Å². The Kier molecular flexibility index (Phi) is 2.14. The Morgan fingerprint density at radius 3 is 2.91 bits per heavy atom. The van der Waals surface area contributed by atoms with Gasteiger partial charge in [0.05, 0.1) is 0 Å². The van der Waals surface area contributed by atoms with E-state index in [-0.39, 0.29) is 0 Å². The van der Waals surface area contributed by atoms with E-state index in [1.807, 2.05) is 0 Å². The molecule has 0 aromatic rings. The molecule has 2 saturated heterocycles. The van der Waals surface area contributed by atoms with Crippen LogP contribution in [0.1, 0.15) is 32.1 Å². The van der Waals surface area contributed by atoms with Crippen LogP contribution in [0.2, 0.25) is 0 Å². The lowest BCUT2D eigenvalue weighted by molar-refractivity contribution is 0.346. The molecule has 0 amide bonds. The Bertz CT molecular complexity index is 118. The first kappa shape index (κ1) is 7.56. The van der Waals surface area contributed by atoms with E-state index in [1.165, 1.54) is 38.6 Å². The van der Waals surface area contributed by atoms with Crippen molar-refractivity contribution in [2.24, 2.45) is 0 Å². The highest BCUT2D eigenvalue weighted by molar-refractivity contribution is 4.96. The van der Waals surface area contributed by atoms with E-state index in [0.29, 0.717) is 5.54 Å². The molecule has 0 saturated carbocycles. The van der Waals surface area contributed by atoms with Crippen molar-refractivity contribution in [1.82, 2.24) is 10.6 Å². The van der Waals surface area contributed by atoms with Crippen molar-refractivity contribution >= 4 is 0 Å². The first-order chi connectivity index (χ1) is 5.41. The molecule has 2 aliphatic rings. The summed E-state index contributed by atoms with van der Waals surface area (Å²) in [5.41, 5.74) is 0.441. The Morgan fingerprint density at radius 1 is 1.09 bits per heavy atom. The van der Waals surface area contributed by atoms with E-state index in [2.05, 4.69) is 10.6 Å². The Hall–Kier alpha value is -0.0800. The van der Waals surface area contributed by atoms with Crippen LogP contribution in [-0.4, -0.2) is 25.2 Å². The van der Waals surface area contributed by atoms with E-state index in [0.717, 1.165) is 13.1 Å². The van der Waals surface area contributed by atoms with E-state index < -0.39 is 0 Å². The van der Waals surface area contributed by atoms with Crippen LogP contribution < -0.4 is 10.6 Å². The summed E-state index contributed by atoms with van der Waals surface area (Å²) in [6.07, 6.45) is 6.82. The van der Waals surface area contributed by atoms with Crippen molar-refractivity contribution in [2.45, 2.75) is 37.6 Å². The molecular weight excluding hydrogens is 136 g/mol. The monoisotopic (exact) mass is 153 g/mol. The second-order valence-corrected chi connectivity index (χ2v) is 3.87. The van der Waals surface area contributed by atoms with Crippen molar-refractivity contribution in [3.63, 3.8) is 0 Å². The number of nitrogens with zero attached hydrogens (tertiary/aromatic N) is 1. The van der Waals surface area contributed by atoms with Crippen LogP contribution in [0.3, 0.4) is 0 Å². The third kappa shape index (κ3) is 1.57. The van der Waals surface area contributed by atoms with Gasteiger partial charge in [0.15, 0.2) is 0 Å². The minimum absolute atomic E-state index is 0.441. The number of hydrogen-bond donors (Lipinski definition) is 1. The Morgan fingerprint density at radius 2 is 2.09 bits per heavy atom. The second-order valence-electron chi connectivity index (χ2n) is 3.87. The summed E-state index contributed by atoms with van der Waals surface area (Å²) in [5, 5.41) is 8.10. The summed E-state index contributed by atoms with van der Waals surface area (Å²) >= 11 is 0. The van der Waals surface area contributed by atoms with Gasteiger partial charge in [0, 0.05) is 18.6 Å². The maximum atomic E-state index is 4.44. The SMILES string of the molecule is C1CCNC2(CC1)CC[N]C2. The fourth-order valence-corrected chi connectivity index (χ4v) is 2.22. The molecule has 0 aliphatic carbocycles. The molecule has 0 bridgehead atoms. The molecule has 11 heavy (non-hydrogen) atoms. The average molecular weight is 153 g/mol. The summed E-state index contributed by atoms with van der Waals surface area (Å²) in [5.74, 6) is 0. The van der Waals surface area contributed by atoms with Gasteiger partial charge in [-0.3, -0.25) is 0 Å². The van der Waals surface area contributed by atoms with Crippen molar-refractivity contribution in [3.8, 4) is 0 Å². The average Bonchev–Trinajstić information content (AvgIpc) is 2.32. The number of nitrogens with one attached hydrogen (secondary N) is 1. The maximum Gasteiger partial charge on any atom is 0.0335 e. The zero-order valence-electron chi connectivity index (χ0n) is 7.10. The van der Waals surface area contributed by atoms with Crippen LogP contribution in [0.25, 0.3) is 0 Å². The molecule has 2 heterocycles. The van der Waals surface area contributed by atoms with Crippen LogP contribution in [0.5, 0.6) is 0 Å². The normalized spacial score (nSPS) is 39.3. The van der Waals surface area contributed by atoms with Gasteiger partial charge < -0.3 is 5.32 Å². The van der Waals surface area contributed by atoms with Crippen LogP contribution in [0, 0.1) is 0 Å². The summed E-state index contributed by atoms with van der Waals surface area (Å²) in [6.45, 7) is 3.38. The molecule has 0 aromatic carbocycles. The van der Waals surface area contributed by atoms with Crippen LogP contribution in [-0.2, 0) is 0 Å². The lowest BCUT2D eigenvalue weighted by atomic mass is 9.93. The molecule has 2 fully saturated rings. The van der Waals surface area contributed by atoms with Gasteiger partial charge in [0.1, 0.15) is 0 Å². The predicted molar refractivity (Wildman–Crippen MR) is 45.7 cm³/mol. The fraction of sp³-hybridized carbons (Fsp3) is 1.00. The number of rotatable bonds is 0. The second kappa shape index (κ2) is 3.11. The highest BCUT2D eigenvalue weighted by Gasteiger charge is 2.33. The summed E-state index contributed by atoms with van der Waals surface area (Å²) in [7, 11) is 0. The smallest absolute Gasteiger partial charge is 0.0335 e. The van der Waals surface area contributed by atoms with Crippen LogP contribution >= 0.6 is 0 Å². The molecule has 1 spiro atoms. The van der Waals surface area contributed by atoms with Gasteiger partial charge in [-0.2, -0.15) is 0 Å². The molecule has 1 unspecified atom stereocenters. The zero-order chi connectivity index (χ0) is 7.57. The van der Waals surface area contributed by atoms with Gasteiger partial charge in [-0.25, -0.2) is 5.32 Å². The van der Waals surface area contributed by atoms with Gasteiger partial charge in [-0.1, -0.05) is 12.8 Å². The third-order valence-electron chi connectivity index (χ3n) is 3.00. The van der Waals surface area contributed by atoms with Gasteiger partial charge >= 0.3 is 0 Å². The molecule has 1 atom stereocenters. The van der Waals surface area contributed by atoms with Gasteiger partial charge in [0.25, 0.3) is 0 Å². The number of hydrogen-bond acceptors (Lipinski definition) is 1. The van der Waals surface area contributed by atoms with E-state index in [9.17, 15) is 0 Å². The molecule has 2 rings (SSSR count). The summed E-state index contributed by atoms with van der Waals surface area (Å²) < 4.78 is 0. The fourth-order valence-electron chi connectivity index (χ4n) is 2.22. The van der Waals surface area contributed by atoms with E-state index in [4.69, 9.17) is 0 Å². The largest absolute Gasteiger partial charge is 0.310 e. The summed E-state index contributed by atoms with van der Waals surface area (Å²) in [6, 6.07) is 0. The Labute approximate surface area is 68.7 Å². The zero-order valence-corrected chi connectivity index (χ0v) is 7.10. The van der Waals surface area contributed by atoms with Crippen molar-refractivity contribution in [3.05, 3.63) is 0 Å². The molecule has 1 radical (unpaired) electrons. The molecule has 2 nitrogen and oxygen atoms in total. The first-order valence-electron chi connectivity index (χ1n) is 4.80. The lowest BCUT2D eigenvalue weighted by Crippen LogP contribution is -2.45. The van der Waals surface area contributed by atoms with Gasteiger partial charge in [-0.15, -0.1) is 0 Å². The standard InChI is InChI=1S/C9H17N2/c1-2-4-9(11-6-3-1)5-7-10-8-9/h11H,1-8H2. The maximum absolute atomic E-state index is 4.44. The van der Waals surface area contributed by atoms with Crippen LogP contribution in [0.4, 0.5) is 0 Å². The lowest BCUT2D eigenvalue weighted by Gasteiger charge is -2.27. The van der Waals surface area contributed by atoms with Gasteiger partial charge in [0.2, 0.25) is 0 Å². The minimum Gasteiger partial charge on any atom is -0.310 e. The highest BCUT2D eigenvalue weighted by atomic mass is 15.1. The van der Waals surface area contributed by atoms with Crippen LogP contribution in [0.15, 0.2) is 0 Å². The topological polar surface area (TPSA) is 26.1 Å². The highest BCUT2D eigenvalue weighted by Crippen LogP contribution is 2.25. The molecule has 63 valence electrons. The van der Waals surface area contributed by atoms with Crippen molar-refractivity contribution in [2.75, 3.05) is 19.6 Å². The molecule has 0 aromatic heterocycles. The molecule has 2 heteroatoms. The first-order valence-corrected chi connectivity index (χ1v) is 4.80. The van der Waals surface area contributed by atoms with Crippen molar-refractivity contribution in [1.29, 1.82) is 0 Å². The molecular formula is C9H17N2. The summed E-state index contributed by atoms with van der Waals surface area (Å²) in [4.78, 5) is 0. The quantitative estimate of drug-likeness (QED) is 0.549. The van der Waals surface area contributed by atoms with E-state index >= 15 is 0 Å². The molecule has 2 aliphatic heterocycles. The Balaban J connectivity index is 1.97. The molecule has 1 N–H and O–H groups in total. The predicted octanol–water partition coefficient (Wildman–Crippen LogP) is 0.897. The van der Waals surface area contributed by atoms with Crippen molar-refractivity contribution < 1.29 is 0 Å².